The molecule has 2 amide bonds. The van der Waals surface area contributed by atoms with Gasteiger partial charge in [0.2, 0.25) is 5.91 Å². The summed E-state index contributed by atoms with van der Waals surface area (Å²) in [5.41, 5.74) is 0.310. The molecule has 66 heavy (non-hydrogen) atoms. The number of aryl methyl sites for hydroxylation is 2. The lowest BCUT2D eigenvalue weighted by atomic mass is 10.0. The van der Waals surface area contributed by atoms with E-state index in [9.17, 15) is 42.5 Å². The fourth-order valence-corrected chi connectivity index (χ4v) is 7.03. The molecular formula is C44H48Cl4F3N3O12. The number of methoxy groups -OCH3 is 1. The first-order valence-electron chi connectivity index (χ1n) is 19.9. The van der Waals surface area contributed by atoms with Crippen LogP contribution in [0.4, 0.5) is 24.5 Å². The maximum absolute atomic E-state index is 12.7. The second kappa shape index (κ2) is 25.1. The van der Waals surface area contributed by atoms with Gasteiger partial charge >= 0.3 is 18.1 Å². The first-order chi connectivity index (χ1) is 31.0. The van der Waals surface area contributed by atoms with Gasteiger partial charge in [0, 0.05) is 19.2 Å². The summed E-state index contributed by atoms with van der Waals surface area (Å²) >= 11 is 22.8. The third-order valence-electron chi connectivity index (χ3n) is 9.42. The van der Waals surface area contributed by atoms with E-state index in [1.54, 1.807) is 38.2 Å². The van der Waals surface area contributed by atoms with Crippen LogP contribution in [0.3, 0.4) is 0 Å². The molecule has 3 aromatic carbocycles. The molecule has 1 aromatic heterocycles. The van der Waals surface area contributed by atoms with Crippen LogP contribution in [0.25, 0.3) is 0 Å². The highest BCUT2D eigenvalue weighted by atomic mass is 35.5. The van der Waals surface area contributed by atoms with Crippen LogP contribution in [0.5, 0.6) is 11.5 Å². The number of anilines is 1. The van der Waals surface area contributed by atoms with Crippen LogP contribution in [0.1, 0.15) is 73.5 Å². The average molecular weight is 1010 g/mol. The van der Waals surface area contributed by atoms with Crippen molar-refractivity contribution < 1.29 is 65.4 Å². The number of furan rings is 1. The molecule has 0 radical (unpaired) electrons. The van der Waals surface area contributed by atoms with Crippen LogP contribution in [0.15, 0.2) is 77.4 Å². The Balaban J connectivity index is 0.000000278. The lowest BCUT2D eigenvalue weighted by Crippen LogP contribution is -2.45. The highest BCUT2D eigenvalue weighted by Crippen LogP contribution is 2.39. The molecular weight excluding hydrogens is 961 g/mol. The number of halogens is 7. The quantitative estimate of drug-likeness (QED) is 0.0477. The van der Waals surface area contributed by atoms with Crippen LogP contribution in [-0.4, -0.2) is 89.5 Å². The molecule has 0 bridgehead atoms. The smallest absolute Gasteiger partial charge is 0.416 e. The zero-order chi connectivity index (χ0) is 49.5. The molecule has 0 saturated carbocycles. The standard InChI is InChI=1S/C18H13ClF3NO7.C15H22ClNO2.C11H13Cl2NO3/c1-2-28-16(24)9-29-17(25)12-8-11(4-5-14(12)23(26)27)30-15-6-3-10(7-13(15)19)18(20,21)22;1-5-13-8-6-7-11(2)15(13)17(14(18)9-16)12(3)10-19-4;1-11(2)14(10(15)9(12)13)6-8(17-11)7-4-3-5-16-7/h3-8H,2,9H2,1H3;6-8,12H,5,9-10H2,1-4H3;3-5,8-9H,6H2,1-2H3. The Labute approximate surface area is 399 Å². The molecule has 5 rings (SSSR count). The number of ether oxygens (including phenoxy) is 5. The number of nitrogens with zero attached hydrogens (tertiary/aromatic N) is 3. The van der Waals surface area contributed by atoms with Gasteiger partial charge < -0.3 is 37.9 Å². The number of nitro groups is 1. The van der Waals surface area contributed by atoms with Gasteiger partial charge in [0.05, 0.1) is 53.3 Å². The van der Waals surface area contributed by atoms with Crippen LogP contribution in [0.2, 0.25) is 5.02 Å². The molecule has 4 aromatic rings. The Morgan fingerprint density at radius 3 is 2.27 bits per heavy atom. The van der Waals surface area contributed by atoms with Crippen LogP contribution >= 0.6 is 46.4 Å². The normalized spacial score (nSPS) is 14.5. The number of hydrogen-bond acceptors (Lipinski definition) is 12. The molecule has 2 heterocycles. The number of rotatable bonds is 15. The van der Waals surface area contributed by atoms with Gasteiger partial charge in [0.25, 0.3) is 11.6 Å². The van der Waals surface area contributed by atoms with Crippen molar-refractivity contribution >= 4 is 81.5 Å². The number of carbonyl (C=O) groups is 4. The number of nitro benzene ring substituents is 1. The van der Waals surface area contributed by atoms with Crippen molar-refractivity contribution in [3.63, 3.8) is 0 Å². The zero-order valence-electron chi connectivity index (χ0n) is 36.8. The molecule has 1 aliphatic rings. The first-order valence-corrected chi connectivity index (χ1v) is 21.7. The number of alkyl halides is 6. The number of amides is 2. The van der Waals surface area contributed by atoms with E-state index in [-0.39, 0.29) is 53.0 Å². The van der Waals surface area contributed by atoms with Gasteiger partial charge in [-0.25, -0.2) is 9.59 Å². The Bertz CT molecular complexity index is 2300. The molecule has 0 N–H and O–H groups in total. The fraction of sp³-hybridized carbons (Fsp3) is 0.409. The Morgan fingerprint density at radius 1 is 1.03 bits per heavy atom. The van der Waals surface area contributed by atoms with E-state index in [2.05, 4.69) is 17.7 Å². The lowest BCUT2D eigenvalue weighted by molar-refractivity contribution is -0.385. The molecule has 0 aliphatic carbocycles. The van der Waals surface area contributed by atoms with E-state index >= 15 is 0 Å². The van der Waals surface area contributed by atoms with E-state index < -0.39 is 57.0 Å². The summed E-state index contributed by atoms with van der Waals surface area (Å²) in [5.74, 6) is -2.13. The van der Waals surface area contributed by atoms with Gasteiger partial charge in [-0.2, -0.15) is 13.2 Å². The second-order valence-corrected chi connectivity index (χ2v) is 16.3. The van der Waals surface area contributed by atoms with Gasteiger partial charge in [0.15, 0.2) is 11.4 Å². The highest BCUT2D eigenvalue weighted by molar-refractivity contribution is 6.53. The fourth-order valence-electron chi connectivity index (χ4n) is 6.44. The van der Waals surface area contributed by atoms with Gasteiger partial charge in [-0.1, -0.05) is 59.9 Å². The topological polar surface area (TPSA) is 177 Å². The van der Waals surface area contributed by atoms with Crippen molar-refractivity contribution in [2.24, 2.45) is 0 Å². The Hall–Kier alpha value is -5.11. The van der Waals surface area contributed by atoms with Crippen molar-refractivity contribution in [1.29, 1.82) is 0 Å². The molecule has 2 atom stereocenters. The van der Waals surface area contributed by atoms with Crippen molar-refractivity contribution in [2.75, 3.05) is 44.3 Å². The van der Waals surface area contributed by atoms with Gasteiger partial charge in [-0.3, -0.25) is 19.7 Å². The number of hydrogen-bond donors (Lipinski definition) is 0. The molecule has 1 aliphatic heterocycles. The van der Waals surface area contributed by atoms with Gasteiger partial charge in [0.1, 0.15) is 40.5 Å². The highest BCUT2D eigenvalue weighted by Gasteiger charge is 2.45. The summed E-state index contributed by atoms with van der Waals surface area (Å²) < 4.78 is 69.0. The third-order valence-corrected chi connectivity index (χ3v) is 10.3. The van der Waals surface area contributed by atoms with Crippen molar-refractivity contribution in [1.82, 2.24) is 4.90 Å². The minimum atomic E-state index is -4.61. The molecule has 0 spiro atoms. The molecule has 22 heteroatoms. The maximum atomic E-state index is 12.7. The minimum absolute atomic E-state index is 0.0223. The van der Waals surface area contributed by atoms with Crippen molar-refractivity contribution in [2.45, 2.75) is 76.8 Å². The molecule has 1 fully saturated rings. The SMILES string of the molecule is CC1(C)OC(c2ccco2)CN1C(=O)C(Cl)Cl.CCOC(=O)COC(=O)c1cc(Oc2ccc(C(F)(F)F)cc2Cl)ccc1[N+](=O)[O-].CCc1cccc(C)c1N(C(=O)CCl)C(C)COC. The number of benzene rings is 3. The summed E-state index contributed by atoms with van der Waals surface area (Å²) in [6.45, 7) is 11.4. The van der Waals surface area contributed by atoms with Crippen LogP contribution in [-0.2, 0) is 45.9 Å². The number of para-hydroxylation sites is 1. The van der Waals surface area contributed by atoms with E-state index in [0.29, 0.717) is 25.0 Å². The van der Waals surface area contributed by atoms with E-state index in [0.717, 1.165) is 53.6 Å². The second-order valence-electron chi connectivity index (χ2n) is 14.5. The summed E-state index contributed by atoms with van der Waals surface area (Å²) in [6.07, 6.45) is -2.44. The Morgan fingerprint density at radius 2 is 1.73 bits per heavy atom. The summed E-state index contributed by atoms with van der Waals surface area (Å²) in [7, 11) is 1.64. The minimum Gasteiger partial charge on any atom is -0.467 e. The van der Waals surface area contributed by atoms with E-state index in [4.69, 9.17) is 69.8 Å². The predicted octanol–water partition coefficient (Wildman–Crippen LogP) is 10.7. The van der Waals surface area contributed by atoms with Gasteiger partial charge in [-0.15, -0.1) is 11.6 Å². The maximum Gasteiger partial charge on any atom is 0.416 e. The van der Waals surface area contributed by atoms with Crippen molar-refractivity contribution in [3.05, 3.63) is 116 Å². The average Bonchev–Trinajstić information content (AvgIpc) is 3.91. The van der Waals surface area contributed by atoms with Gasteiger partial charge in [-0.05, 0) is 88.6 Å². The number of carbonyl (C=O) groups excluding carboxylic acids is 4. The monoisotopic (exact) mass is 1010 g/mol. The van der Waals surface area contributed by atoms with E-state index in [1.165, 1.54) is 11.8 Å². The first kappa shape index (κ1) is 55.2. The summed E-state index contributed by atoms with van der Waals surface area (Å²) in [5, 5.41) is 10.8. The largest absolute Gasteiger partial charge is 0.467 e. The summed E-state index contributed by atoms with van der Waals surface area (Å²) in [6, 6.07) is 15.0. The molecule has 360 valence electrons. The lowest BCUT2D eigenvalue weighted by Gasteiger charge is -2.31. The third kappa shape index (κ3) is 15.2. The molecule has 1 saturated heterocycles. The number of esters is 2. The summed E-state index contributed by atoms with van der Waals surface area (Å²) in [4.78, 5) is 60.0. The predicted molar refractivity (Wildman–Crippen MR) is 240 cm³/mol. The Kier molecular flexibility index (Phi) is 21.0. The van der Waals surface area contributed by atoms with Crippen LogP contribution < -0.4 is 9.64 Å². The zero-order valence-corrected chi connectivity index (χ0v) is 39.8. The van der Waals surface area contributed by atoms with Crippen molar-refractivity contribution in [3.8, 4) is 11.5 Å². The molecule has 15 nitrogen and oxygen atoms in total. The molecule has 2 unspecified atom stereocenters. The van der Waals surface area contributed by atoms with Crippen LogP contribution in [0, 0.1) is 17.0 Å². The van der Waals surface area contributed by atoms with E-state index in [1.807, 2.05) is 32.0 Å².